The van der Waals surface area contributed by atoms with Gasteiger partial charge in [0.2, 0.25) is 0 Å². The molecule has 0 atom stereocenters. The van der Waals surface area contributed by atoms with Crippen molar-refractivity contribution in [3.05, 3.63) is 28.2 Å². The summed E-state index contributed by atoms with van der Waals surface area (Å²) in [7, 11) is 0. The SMILES string of the molecule is CC(=O)c1cc2c(s1)N=C(C=C1CCN(C(=O)OC(C)(C)C)CC1)C2. The van der Waals surface area contributed by atoms with Crippen LogP contribution in [0.2, 0.25) is 0 Å². The molecule has 3 rings (SSSR count). The summed E-state index contributed by atoms with van der Waals surface area (Å²) < 4.78 is 5.43. The normalized spacial score (nSPS) is 17.2. The van der Waals surface area contributed by atoms with E-state index in [1.807, 2.05) is 26.8 Å². The molecule has 6 heteroatoms. The number of carbonyl (C=O) groups is 2. The minimum absolute atomic E-state index is 0.101. The summed E-state index contributed by atoms with van der Waals surface area (Å²) in [6.07, 6.45) is 4.42. The largest absolute Gasteiger partial charge is 0.444 e. The van der Waals surface area contributed by atoms with E-state index in [-0.39, 0.29) is 11.9 Å². The Morgan fingerprint density at radius 1 is 1.28 bits per heavy atom. The second-order valence-corrected chi connectivity index (χ2v) is 8.58. The lowest BCUT2D eigenvalue weighted by molar-refractivity contribution is 0.0236. The van der Waals surface area contributed by atoms with Gasteiger partial charge in [-0.1, -0.05) is 5.57 Å². The number of thiophene rings is 1. The van der Waals surface area contributed by atoms with Crippen molar-refractivity contribution in [3.63, 3.8) is 0 Å². The summed E-state index contributed by atoms with van der Waals surface area (Å²) in [6, 6.07) is 1.96. The smallest absolute Gasteiger partial charge is 0.410 e. The molecule has 1 amide bonds. The van der Waals surface area contributed by atoms with Crippen molar-refractivity contribution in [2.45, 2.75) is 52.6 Å². The number of rotatable bonds is 2. The predicted octanol–water partition coefficient (Wildman–Crippen LogP) is 4.54. The maximum Gasteiger partial charge on any atom is 0.410 e. The van der Waals surface area contributed by atoms with Crippen LogP contribution in [-0.4, -0.2) is 41.2 Å². The lowest BCUT2D eigenvalue weighted by Gasteiger charge is -2.31. The number of fused-ring (bicyclic) bond motifs is 1. The first kappa shape index (κ1) is 17.9. The fourth-order valence-corrected chi connectivity index (χ4v) is 3.92. The standard InChI is InChI=1S/C19H24N2O3S/c1-12(22)16-11-14-10-15(20-17(14)25-16)9-13-5-7-21(8-6-13)18(23)24-19(2,3)4/h9,11H,5-8,10H2,1-4H3. The van der Waals surface area contributed by atoms with E-state index in [4.69, 9.17) is 4.74 Å². The van der Waals surface area contributed by atoms with Crippen molar-refractivity contribution in [1.82, 2.24) is 4.90 Å². The Bertz CT molecular complexity index is 758. The number of amides is 1. The number of Topliss-reactive ketones (excluding diaryl/α,β-unsaturated/α-hetero) is 1. The summed E-state index contributed by atoms with van der Waals surface area (Å²) in [6.45, 7) is 8.61. The number of allylic oxidation sites excluding steroid dienone is 1. The third kappa shape index (κ3) is 4.37. The van der Waals surface area contributed by atoms with Gasteiger partial charge in [0.05, 0.1) is 4.88 Å². The summed E-state index contributed by atoms with van der Waals surface area (Å²) >= 11 is 1.47. The monoisotopic (exact) mass is 360 g/mol. The average molecular weight is 360 g/mol. The number of carbonyl (C=O) groups excluding carboxylic acids is 2. The molecule has 2 aliphatic rings. The Kier molecular flexibility index (Phi) is 4.82. The lowest BCUT2D eigenvalue weighted by atomic mass is 10.0. The number of aliphatic imine (C=N–C) groups is 1. The predicted molar refractivity (Wildman–Crippen MR) is 100 cm³/mol. The second-order valence-electron chi connectivity index (χ2n) is 7.55. The van der Waals surface area contributed by atoms with E-state index in [9.17, 15) is 9.59 Å². The van der Waals surface area contributed by atoms with Crippen LogP contribution < -0.4 is 0 Å². The van der Waals surface area contributed by atoms with E-state index in [1.165, 1.54) is 16.9 Å². The topological polar surface area (TPSA) is 59.0 Å². The summed E-state index contributed by atoms with van der Waals surface area (Å²) in [5, 5.41) is 0.961. The lowest BCUT2D eigenvalue weighted by Crippen LogP contribution is -2.40. The molecule has 0 saturated carbocycles. The zero-order valence-corrected chi connectivity index (χ0v) is 16.0. The third-order valence-corrected chi connectivity index (χ3v) is 5.35. The van der Waals surface area contributed by atoms with Gasteiger partial charge in [0.25, 0.3) is 0 Å². The highest BCUT2D eigenvalue weighted by Gasteiger charge is 2.25. The molecule has 0 spiro atoms. The average Bonchev–Trinajstić information content (AvgIpc) is 3.04. The van der Waals surface area contributed by atoms with Crippen LogP contribution >= 0.6 is 11.3 Å². The second kappa shape index (κ2) is 6.75. The first-order chi connectivity index (χ1) is 11.7. The van der Waals surface area contributed by atoms with Gasteiger partial charge in [-0.05, 0) is 58.2 Å². The molecule has 0 bridgehead atoms. The number of hydrogen-bond acceptors (Lipinski definition) is 5. The maximum atomic E-state index is 12.1. The van der Waals surface area contributed by atoms with Crippen molar-refractivity contribution < 1.29 is 14.3 Å². The fraction of sp³-hybridized carbons (Fsp3) is 0.526. The molecule has 1 fully saturated rings. The van der Waals surface area contributed by atoms with Gasteiger partial charge >= 0.3 is 6.09 Å². The summed E-state index contributed by atoms with van der Waals surface area (Å²) in [4.78, 5) is 30.7. The van der Waals surface area contributed by atoms with Crippen LogP contribution in [-0.2, 0) is 11.2 Å². The molecule has 1 saturated heterocycles. The first-order valence-electron chi connectivity index (χ1n) is 8.60. The van der Waals surface area contributed by atoms with Crippen LogP contribution in [0.15, 0.2) is 22.7 Å². The minimum Gasteiger partial charge on any atom is -0.444 e. The van der Waals surface area contributed by atoms with Gasteiger partial charge in [-0.15, -0.1) is 11.3 Å². The van der Waals surface area contributed by atoms with Crippen LogP contribution in [0, 0.1) is 0 Å². The summed E-state index contributed by atoms with van der Waals surface area (Å²) in [5.41, 5.74) is 3.06. The molecule has 1 aromatic heterocycles. The Morgan fingerprint density at radius 2 is 1.96 bits per heavy atom. The number of ether oxygens (including phenoxy) is 1. The number of likely N-dealkylation sites (tertiary alicyclic amines) is 1. The van der Waals surface area contributed by atoms with E-state index in [1.54, 1.807) is 11.8 Å². The van der Waals surface area contributed by atoms with Crippen LogP contribution in [0.1, 0.15) is 55.8 Å². The highest BCUT2D eigenvalue weighted by atomic mass is 32.1. The molecule has 3 heterocycles. The van der Waals surface area contributed by atoms with Gasteiger partial charge in [0.15, 0.2) is 5.78 Å². The number of ketones is 1. The molecular weight excluding hydrogens is 336 g/mol. The van der Waals surface area contributed by atoms with E-state index in [0.29, 0.717) is 13.1 Å². The van der Waals surface area contributed by atoms with Crippen LogP contribution in [0.4, 0.5) is 9.80 Å². The van der Waals surface area contributed by atoms with Gasteiger partial charge in [-0.25, -0.2) is 9.79 Å². The van der Waals surface area contributed by atoms with Crippen molar-refractivity contribution in [1.29, 1.82) is 0 Å². The highest BCUT2D eigenvalue weighted by Crippen LogP contribution is 2.36. The molecule has 2 aliphatic heterocycles. The Balaban J connectivity index is 1.58. The molecule has 0 unspecified atom stereocenters. The van der Waals surface area contributed by atoms with Gasteiger partial charge in [-0.3, -0.25) is 4.79 Å². The number of piperidine rings is 1. The highest BCUT2D eigenvalue weighted by molar-refractivity contribution is 7.18. The quantitative estimate of drug-likeness (QED) is 0.728. The van der Waals surface area contributed by atoms with Crippen LogP contribution in [0.25, 0.3) is 0 Å². The first-order valence-corrected chi connectivity index (χ1v) is 9.41. The van der Waals surface area contributed by atoms with Gasteiger partial charge in [-0.2, -0.15) is 0 Å². The number of hydrogen-bond donors (Lipinski definition) is 0. The Labute approximate surface area is 152 Å². The Morgan fingerprint density at radius 3 is 2.52 bits per heavy atom. The molecule has 0 aromatic carbocycles. The molecule has 5 nitrogen and oxygen atoms in total. The molecule has 0 radical (unpaired) electrons. The van der Waals surface area contributed by atoms with Crippen molar-refractivity contribution in [2.24, 2.45) is 4.99 Å². The molecule has 1 aromatic rings. The molecule has 25 heavy (non-hydrogen) atoms. The van der Waals surface area contributed by atoms with Gasteiger partial charge < -0.3 is 9.64 Å². The summed E-state index contributed by atoms with van der Waals surface area (Å²) in [5.74, 6) is 0.101. The van der Waals surface area contributed by atoms with Crippen molar-refractivity contribution >= 4 is 33.9 Å². The maximum absolute atomic E-state index is 12.1. The molecule has 134 valence electrons. The zero-order chi connectivity index (χ0) is 18.2. The fourth-order valence-electron chi connectivity index (χ4n) is 2.95. The molecule has 0 aliphatic carbocycles. The van der Waals surface area contributed by atoms with E-state index < -0.39 is 5.60 Å². The molecule has 0 N–H and O–H groups in total. The number of nitrogens with zero attached hydrogens (tertiary/aromatic N) is 2. The minimum atomic E-state index is -0.456. The Hall–Kier alpha value is -1.95. The van der Waals surface area contributed by atoms with Gasteiger partial charge in [0.1, 0.15) is 10.6 Å². The van der Waals surface area contributed by atoms with Gasteiger partial charge in [0, 0.05) is 25.2 Å². The molecular formula is C19H24N2O3S. The van der Waals surface area contributed by atoms with Crippen molar-refractivity contribution in [3.8, 4) is 0 Å². The third-order valence-electron chi connectivity index (χ3n) is 4.18. The van der Waals surface area contributed by atoms with Crippen LogP contribution in [0.5, 0.6) is 0 Å². The van der Waals surface area contributed by atoms with E-state index in [2.05, 4.69) is 11.1 Å². The van der Waals surface area contributed by atoms with E-state index >= 15 is 0 Å². The van der Waals surface area contributed by atoms with Crippen LogP contribution in [0.3, 0.4) is 0 Å². The zero-order valence-electron chi connectivity index (χ0n) is 15.2. The van der Waals surface area contributed by atoms with Crippen molar-refractivity contribution in [2.75, 3.05) is 13.1 Å². The van der Waals surface area contributed by atoms with E-state index in [0.717, 1.165) is 40.4 Å².